The van der Waals surface area contributed by atoms with Crippen LogP contribution in [0.15, 0.2) is 48.5 Å². The summed E-state index contributed by atoms with van der Waals surface area (Å²) in [7, 11) is 3.57. The van der Waals surface area contributed by atoms with Crippen LogP contribution >= 0.6 is 23.2 Å². The molecule has 2 nitrogen and oxygen atoms in total. The van der Waals surface area contributed by atoms with E-state index in [-0.39, 0.29) is 10.8 Å². The Morgan fingerprint density at radius 3 is 1.46 bits per heavy atom. The molecule has 0 saturated heterocycles. The predicted molar refractivity (Wildman–Crippen MR) is 104 cm³/mol. The highest BCUT2D eigenvalue weighted by molar-refractivity contribution is 6.30. The molecule has 4 atom stereocenters. The number of ether oxygens (including phenoxy) is 2. The van der Waals surface area contributed by atoms with Gasteiger partial charge in [-0.3, -0.25) is 0 Å². The molecule has 5 rings (SSSR count). The van der Waals surface area contributed by atoms with Gasteiger partial charge in [0.25, 0.3) is 0 Å². The van der Waals surface area contributed by atoms with Gasteiger partial charge in [0, 0.05) is 24.3 Å². The lowest BCUT2D eigenvalue weighted by molar-refractivity contribution is -0.152. The highest BCUT2D eigenvalue weighted by atomic mass is 35.5. The summed E-state index contributed by atoms with van der Waals surface area (Å²) in [5.74, 6) is 0.496. The SMILES string of the molecule is COC1(OC)[C@]2(c3ccc(Cl)cc3)[C@H]3CCC[C@H]3[C@]12c1ccc(Cl)cc1. The highest BCUT2D eigenvalue weighted by Crippen LogP contribution is 2.92. The molecule has 3 aliphatic rings. The number of halogens is 2. The summed E-state index contributed by atoms with van der Waals surface area (Å²) < 4.78 is 12.4. The minimum absolute atomic E-state index is 0.164. The van der Waals surface area contributed by atoms with Crippen LogP contribution in [0.1, 0.15) is 30.4 Å². The number of benzene rings is 2. The Labute approximate surface area is 164 Å². The van der Waals surface area contributed by atoms with E-state index in [0.29, 0.717) is 11.8 Å². The summed E-state index contributed by atoms with van der Waals surface area (Å²) in [4.78, 5) is 0. The maximum absolute atomic E-state index is 6.21. The number of fused-ring (bicyclic) bond motifs is 4. The normalized spacial score (nSPS) is 36.2. The third-order valence-electron chi connectivity index (χ3n) is 7.40. The summed E-state index contributed by atoms with van der Waals surface area (Å²) in [5, 5.41) is 1.51. The Morgan fingerprint density at radius 1 is 0.731 bits per heavy atom. The zero-order chi connectivity index (χ0) is 18.2. The molecule has 0 unspecified atom stereocenters. The van der Waals surface area contributed by atoms with Crippen LogP contribution in [0.2, 0.25) is 10.0 Å². The second kappa shape index (κ2) is 5.48. The van der Waals surface area contributed by atoms with Crippen molar-refractivity contribution in [1.29, 1.82) is 0 Å². The van der Waals surface area contributed by atoms with E-state index >= 15 is 0 Å². The molecule has 0 bridgehead atoms. The van der Waals surface area contributed by atoms with Crippen molar-refractivity contribution >= 4 is 23.2 Å². The van der Waals surface area contributed by atoms with Gasteiger partial charge in [-0.2, -0.15) is 0 Å². The summed E-state index contributed by atoms with van der Waals surface area (Å²) >= 11 is 12.4. The van der Waals surface area contributed by atoms with E-state index in [2.05, 4.69) is 24.3 Å². The average Bonchev–Trinajstić information content (AvgIpc) is 2.88. The molecule has 26 heavy (non-hydrogen) atoms. The topological polar surface area (TPSA) is 18.5 Å². The second-order valence-corrected chi connectivity index (χ2v) is 8.67. The largest absolute Gasteiger partial charge is 0.351 e. The molecule has 0 N–H and O–H groups in total. The molecule has 0 aliphatic heterocycles. The molecule has 136 valence electrons. The smallest absolute Gasteiger partial charge is 0.189 e. The maximum Gasteiger partial charge on any atom is 0.189 e. The van der Waals surface area contributed by atoms with Crippen LogP contribution in [0, 0.1) is 11.8 Å². The van der Waals surface area contributed by atoms with Crippen molar-refractivity contribution in [2.24, 2.45) is 11.8 Å². The van der Waals surface area contributed by atoms with Crippen LogP contribution in [0.5, 0.6) is 0 Å². The maximum atomic E-state index is 6.21. The van der Waals surface area contributed by atoms with Gasteiger partial charge in [0.05, 0.1) is 10.8 Å². The third-order valence-corrected chi connectivity index (χ3v) is 7.90. The highest BCUT2D eigenvalue weighted by Gasteiger charge is 3.01. The van der Waals surface area contributed by atoms with Gasteiger partial charge < -0.3 is 9.47 Å². The number of hydrogen-bond acceptors (Lipinski definition) is 2. The molecular weight excluding hydrogens is 367 g/mol. The fraction of sp³-hybridized carbons (Fsp3) is 0.455. The zero-order valence-corrected chi connectivity index (χ0v) is 16.5. The molecular formula is C22H22Cl2O2. The summed E-state index contributed by atoms with van der Waals surface area (Å²) in [6.07, 6.45) is 3.71. The van der Waals surface area contributed by atoms with Gasteiger partial charge in [-0.25, -0.2) is 0 Å². The van der Waals surface area contributed by atoms with E-state index in [9.17, 15) is 0 Å². The van der Waals surface area contributed by atoms with Crippen molar-refractivity contribution in [3.05, 3.63) is 69.7 Å². The molecule has 0 aromatic heterocycles. The molecule has 3 aliphatic carbocycles. The Balaban J connectivity index is 1.77. The van der Waals surface area contributed by atoms with Gasteiger partial charge in [0.1, 0.15) is 0 Å². The second-order valence-electron chi connectivity index (χ2n) is 7.80. The van der Waals surface area contributed by atoms with E-state index in [1.807, 2.05) is 24.3 Å². The molecule has 2 aromatic carbocycles. The number of rotatable bonds is 4. The van der Waals surface area contributed by atoms with Gasteiger partial charge in [-0.05, 0) is 60.1 Å². The fourth-order valence-electron chi connectivity index (χ4n) is 6.94. The van der Waals surface area contributed by atoms with Crippen LogP contribution in [0.3, 0.4) is 0 Å². The van der Waals surface area contributed by atoms with Gasteiger partial charge in [0.15, 0.2) is 5.79 Å². The third kappa shape index (κ3) is 1.57. The predicted octanol–water partition coefficient (Wildman–Crippen LogP) is 5.60. The minimum atomic E-state index is -0.641. The molecule has 0 amide bonds. The quantitative estimate of drug-likeness (QED) is 0.634. The first-order valence-corrected chi connectivity index (χ1v) is 9.98. The van der Waals surface area contributed by atoms with Crippen molar-refractivity contribution in [3.8, 4) is 0 Å². The summed E-state index contributed by atoms with van der Waals surface area (Å²) in [5.41, 5.74) is 2.21. The van der Waals surface area contributed by atoms with Gasteiger partial charge >= 0.3 is 0 Å². The molecule has 2 aromatic rings. The summed E-state index contributed by atoms with van der Waals surface area (Å²) in [6.45, 7) is 0. The van der Waals surface area contributed by atoms with Crippen molar-refractivity contribution in [2.45, 2.75) is 35.9 Å². The monoisotopic (exact) mass is 388 g/mol. The first-order chi connectivity index (χ1) is 12.6. The van der Waals surface area contributed by atoms with E-state index in [1.165, 1.54) is 30.4 Å². The summed E-state index contributed by atoms with van der Waals surface area (Å²) in [6, 6.07) is 16.5. The van der Waals surface area contributed by atoms with Crippen LogP contribution in [0.25, 0.3) is 0 Å². The molecule has 3 fully saturated rings. The zero-order valence-electron chi connectivity index (χ0n) is 15.0. The molecule has 0 spiro atoms. The minimum Gasteiger partial charge on any atom is -0.351 e. The van der Waals surface area contributed by atoms with E-state index < -0.39 is 5.79 Å². The Kier molecular flexibility index (Phi) is 3.60. The number of hydrogen-bond donors (Lipinski definition) is 0. The van der Waals surface area contributed by atoms with E-state index in [4.69, 9.17) is 32.7 Å². The Morgan fingerprint density at radius 2 is 1.12 bits per heavy atom. The van der Waals surface area contributed by atoms with Crippen molar-refractivity contribution in [2.75, 3.05) is 14.2 Å². The molecule has 0 radical (unpaired) electrons. The fourth-order valence-corrected chi connectivity index (χ4v) is 7.19. The Hall–Kier alpha value is -1.06. The number of methoxy groups -OCH3 is 2. The van der Waals surface area contributed by atoms with Crippen molar-refractivity contribution < 1.29 is 9.47 Å². The van der Waals surface area contributed by atoms with E-state index in [1.54, 1.807) is 14.2 Å². The lowest BCUT2D eigenvalue weighted by Gasteiger charge is -2.46. The first kappa shape index (κ1) is 17.1. The van der Waals surface area contributed by atoms with Gasteiger partial charge in [-0.1, -0.05) is 53.9 Å². The van der Waals surface area contributed by atoms with E-state index in [0.717, 1.165) is 10.0 Å². The van der Waals surface area contributed by atoms with Crippen LogP contribution in [0.4, 0.5) is 0 Å². The van der Waals surface area contributed by atoms with Crippen molar-refractivity contribution in [1.82, 2.24) is 0 Å². The molecule has 4 heteroatoms. The van der Waals surface area contributed by atoms with Gasteiger partial charge in [-0.15, -0.1) is 0 Å². The van der Waals surface area contributed by atoms with Gasteiger partial charge in [0.2, 0.25) is 0 Å². The molecule has 0 heterocycles. The Bertz CT molecular complexity index is 776. The van der Waals surface area contributed by atoms with Crippen LogP contribution in [-0.4, -0.2) is 20.0 Å². The molecule has 3 saturated carbocycles. The van der Waals surface area contributed by atoms with Crippen LogP contribution < -0.4 is 0 Å². The van der Waals surface area contributed by atoms with Crippen molar-refractivity contribution in [3.63, 3.8) is 0 Å². The standard InChI is InChI=1S/C22H22Cl2O2/c1-25-22(26-2)20(14-6-10-16(23)11-7-14)18-4-3-5-19(18)21(20,22)15-8-12-17(24)13-9-15/h6-13,18-19H,3-5H2,1-2H3/t18-,19+,20+,21-. The lowest BCUT2D eigenvalue weighted by atomic mass is 9.54. The van der Waals surface area contributed by atoms with Crippen LogP contribution in [-0.2, 0) is 20.3 Å². The lowest BCUT2D eigenvalue weighted by Crippen LogP contribution is -2.49. The first-order valence-electron chi connectivity index (χ1n) is 9.22. The average molecular weight is 389 g/mol.